The summed E-state index contributed by atoms with van der Waals surface area (Å²) < 4.78 is 19.9. The fraction of sp³-hybridized carbons (Fsp3) is 0.294. The third kappa shape index (κ3) is 3.07. The first-order valence-corrected chi connectivity index (χ1v) is 9.43. The Morgan fingerprint density at radius 3 is 3.08 bits per heavy atom. The molecule has 4 rings (SSSR count). The number of halogens is 1. The van der Waals surface area contributed by atoms with E-state index < -0.39 is 0 Å². The Balaban J connectivity index is 1.70. The van der Waals surface area contributed by atoms with Gasteiger partial charge in [0.25, 0.3) is 5.91 Å². The Morgan fingerprint density at radius 1 is 1.42 bits per heavy atom. The molecule has 0 spiro atoms. The number of aromatic nitrogens is 1. The van der Waals surface area contributed by atoms with Gasteiger partial charge in [-0.2, -0.15) is 0 Å². The monoisotopic (exact) mass is 362 g/mol. The third-order valence-electron chi connectivity index (χ3n) is 3.96. The molecule has 1 amide bonds. The molecule has 0 N–H and O–H groups in total. The molecule has 0 saturated carbocycles. The molecule has 1 unspecified atom stereocenters. The highest BCUT2D eigenvalue weighted by atomic mass is 32.1. The van der Waals surface area contributed by atoms with Crippen LogP contribution < -0.4 is 4.90 Å². The van der Waals surface area contributed by atoms with E-state index in [1.807, 2.05) is 17.5 Å². The van der Waals surface area contributed by atoms with Crippen molar-refractivity contribution in [1.82, 2.24) is 4.98 Å². The molecule has 3 aromatic rings. The van der Waals surface area contributed by atoms with E-state index in [-0.39, 0.29) is 17.8 Å². The van der Waals surface area contributed by atoms with Crippen LogP contribution in [0, 0.1) is 5.82 Å². The zero-order valence-corrected chi connectivity index (χ0v) is 14.4. The number of hydrogen-bond donors (Lipinski definition) is 0. The molecule has 24 heavy (non-hydrogen) atoms. The van der Waals surface area contributed by atoms with Crippen molar-refractivity contribution in [3.05, 3.63) is 46.4 Å². The molecule has 1 atom stereocenters. The lowest BCUT2D eigenvalue weighted by molar-refractivity contribution is 0.0920. The lowest BCUT2D eigenvalue weighted by atomic mass is 10.2. The maximum atomic E-state index is 13.4. The van der Waals surface area contributed by atoms with Crippen molar-refractivity contribution in [2.24, 2.45) is 0 Å². The van der Waals surface area contributed by atoms with E-state index in [1.54, 1.807) is 11.0 Å². The molecule has 1 aromatic carbocycles. The molecule has 1 aliphatic heterocycles. The maximum Gasteiger partial charge on any atom is 0.270 e. The third-order valence-corrected chi connectivity index (χ3v) is 5.86. The maximum absolute atomic E-state index is 13.4. The number of carbonyl (C=O) groups excluding carboxylic acids is 1. The number of carbonyl (C=O) groups is 1. The van der Waals surface area contributed by atoms with Gasteiger partial charge in [0.15, 0.2) is 5.13 Å². The average molecular weight is 362 g/mol. The summed E-state index contributed by atoms with van der Waals surface area (Å²) in [6.07, 6.45) is 1.97. The predicted molar refractivity (Wildman–Crippen MR) is 94.5 cm³/mol. The fourth-order valence-electron chi connectivity index (χ4n) is 2.77. The summed E-state index contributed by atoms with van der Waals surface area (Å²) in [7, 11) is 0. The van der Waals surface area contributed by atoms with Crippen LogP contribution in [0.3, 0.4) is 0 Å². The van der Waals surface area contributed by atoms with Crippen molar-refractivity contribution >= 4 is 43.9 Å². The van der Waals surface area contributed by atoms with E-state index >= 15 is 0 Å². The standard InChI is InChI=1S/C17H15FN2O2S2/c18-11-5-6-13-15(9-11)24-17(19-13)20(10-12-3-1-7-22-12)16(21)14-4-2-8-23-14/h2,4-6,8-9,12H,1,3,7,10H2. The van der Waals surface area contributed by atoms with E-state index in [0.717, 1.165) is 24.1 Å². The van der Waals surface area contributed by atoms with Crippen molar-refractivity contribution in [2.45, 2.75) is 18.9 Å². The Labute approximate surface area is 146 Å². The summed E-state index contributed by atoms with van der Waals surface area (Å²) in [6.45, 7) is 1.20. The number of ether oxygens (including phenoxy) is 1. The SMILES string of the molecule is O=C(c1cccs1)N(CC1CCCO1)c1nc2ccc(F)cc2s1. The molecule has 0 aliphatic carbocycles. The predicted octanol–water partition coefficient (Wildman–Crippen LogP) is 4.32. The van der Waals surface area contributed by atoms with Crippen molar-refractivity contribution in [3.8, 4) is 0 Å². The average Bonchev–Trinajstić information content (AvgIpc) is 3.31. The Bertz CT molecular complexity index is 857. The van der Waals surface area contributed by atoms with E-state index in [4.69, 9.17) is 4.74 Å². The molecule has 2 aromatic heterocycles. The number of amides is 1. The van der Waals surface area contributed by atoms with E-state index in [2.05, 4.69) is 4.98 Å². The van der Waals surface area contributed by atoms with E-state index in [0.29, 0.717) is 22.1 Å². The minimum absolute atomic E-state index is 0.0256. The number of benzene rings is 1. The van der Waals surface area contributed by atoms with Crippen molar-refractivity contribution in [2.75, 3.05) is 18.1 Å². The lowest BCUT2D eigenvalue weighted by Crippen LogP contribution is -2.37. The van der Waals surface area contributed by atoms with E-state index in [9.17, 15) is 9.18 Å². The minimum atomic E-state index is -0.298. The first kappa shape index (κ1) is 15.7. The molecule has 1 saturated heterocycles. The molecule has 4 nitrogen and oxygen atoms in total. The molecule has 0 bridgehead atoms. The molecule has 1 fully saturated rings. The first-order chi connectivity index (χ1) is 11.7. The zero-order valence-electron chi connectivity index (χ0n) is 12.8. The van der Waals surface area contributed by atoms with Gasteiger partial charge in [-0.3, -0.25) is 9.69 Å². The van der Waals surface area contributed by atoms with E-state index in [1.165, 1.54) is 34.8 Å². The number of hydrogen-bond acceptors (Lipinski definition) is 5. The zero-order chi connectivity index (χ0) is 16.5. The topological polar surface area (TPSA) is 42.4 Å². The lowest BCUT2D eigenvalue weighted by Gasteiger charge is -2.22. The van der Waals surface area contributed by atoms with Crippen LogP contribution in [-0.2, 0) is 4.74 Å². The van der Waals surface area contributed by atoms with Crippen molar-refractivity contribution < 1.29 is 13.9 Å². The van der Waals surface area contributed by atoms with Gasteiger partial charge in [-0.25, -0.2) is 9.37 Å². The van der Waals surface area contributed by atoms with Crippen molar-refractivity contribution in [1.29, 1.82) is 0 Å². The van der Waals surface area contributed by atoms with Crippen LogP contribution >= 0.6 is 22.7 Å². The van der Waals surface area contributed by atoms with Crippen LogP contribution in [0.25, 0.3) is 10.2 Å². The van der Waals surface area contributed by atoms with Gasteiger partial charge in [0.05, 0.1) is 27.7 Å². The Kier molecular flexibility index (Phi) is 4.30. The second kappa shape index (κ2) is 6.58. The van der Waals surface area contributed by atoms with Crippen molar-refractivity contribution in [3.63, 3.8) is 0 Å². The number of anilines is 1. The normalized spacial score (nSPS) is 17.5. The van der Waals surface area contributed by atoms with Gasteiger partial charge in [0.2, 0.25) is 0 Å². The number of thiophene rings is 1. The molecule has 124 valence electrons. The molecule has 0 radical (unpaired) electrons. The van der Waals surface area contributed by atoms with Gasteiger partial charge in [-0.1, -0.05) is 17.4 Å². The van der Waals surface area contributed by atoms with Gasteiger partial charge in [0.1, 0.15) is 5.82 Å². The summed E-state index contributed by atoms with van der Waals surface area (Å²) in [5.41, 5.74) is 0.702. The summed E-state index contributed by atoms with van der Waals surface area (Å²) >= 11 is 2.74. The van der Waals surface area contributed by atoms with Crippen LogP contribution in [0.2, 0.25) is 0 Å². The number of fused-ring (bicyclic) bond motifs is 1. The quantitative estimate of drug-likeness (QED) is 0.694. The fourth-order valence-corrected chi connectivity index (χ4v) is 4.44. The summed E-state index contributed by atoms with van der Waals surface area (Å²) in [5, 5.41) is 2.47. The smallest absolute Gasteiger partial charge is 0.270 e. The number of nitrogens with zero attached hydrogens (tertiary/aromatic N) is 2. The number of rotatable bonds is 4. The Hall–Kier alpha value is -1.83. The second-order valence-corrected chi connectivity index (χ2v) is 7.59. The molecular formula is C17H15FN2O2S2. The second-order valence-electron chi connectivity index (χ2n) is 5.64. The Morgan fingerprint density at radius 2 is 2.33 bits per heavy atom. The molecule has 7 heteroatoms. The van der Waals surface area contributed by atoms with Crippen LogP contribution in [0.15, 0.2) is 35.7 Å². The summed E-state index contributed by atoms with van der Waals surface area (Å²) in [4.78, 5) is 19.8. The van der Waals surface area contributed by atoms with Gasteiger partial charge >= 0.3 is 0 Å². The van der Waals surface area contributed by atoms with Gasteiger partial charge in [0, 0.05) is 6.61 Å². The molecule has 3 heterocycles. The van der Waals surface area contributed by atoms with Crippen LogP contribution in [0.5, 0.6) is 0 Å². The summed E-state index contributed by atoms with van der Waals surface area (Å²) in [6, 6.07) is 8.15. The van der Waals surface area contributed by atoms with Gasteiger partial charge in [-0.05, 0) is 42.5 Å². The number of thiazole rings is 1. The highest BCUT2D eigenvalue weighted by Gasteiger charge is 2.27. The molecule has 1 aliphatic rings. The van der Waals surface area contributed by atoms with Crippen LogP contribution in [0.1, 0.15) is 22.5 Å². The van der Waals surface area contributed by atoms with Crippen LogP contribution in [-0.4, -0.2) is 30.1 Å². The van der Waals surface area contributed by atoms with Crippen LogP contribution in [0.4, 0.5) is 9.52 Å². The van der Waals surface area contributed by atoms with Gasteiger partial charge < -0.3 is 4.74 Å². The summed E-state index contributed by atoms with van der Waals surface area (Å²) in [5.74, 6) is -0.381. The minimum Gasteiger partial charge on any atom is -0.376 e. The highest BCUT2D eigenvalue weighted by Crippen LogP contribution is 2.31. The largest absolute Gasteiger partial charge is 0.376 e. The van der Waals surface area contributed by atoms with Gasteiger partial charge in [-0.15, -0.1) is 11.3 Å². The highest BCUT2D eigenvalue weighted by molar-refractivity contribution is 7.22. The molecular weight excluding hydrogens is 347 g/mol. The first-order valence-electron chi connectivity index (χ1n) is 7.74.